The van der Waals surface area contributed by atoms with E-state index in [1.165, 1.54) is 0 Å². The van der Waals surface area contributed by atoms with Crippen LogP contribution in [-0.2, 0) is 6.54 Å². The van der Waals surface area contributed by atoms with E-state index in [4.69, 9.17) is 5.73 Å². The Labute approximate surface area is 104 Å². The highest BCUT2D eigenvalue weighted by molar-refractivity contribution is 5.79. The zero-order valence-electron chi connectivity index (χ0n) is 10.0. The summed E-state index contributed by atoms with van der Waals surface area (Å²) in [6, 6.07) is 9.85. The van der Waals surface area contributed by atoms with E-state index < -0.39 is 0 Å². The summed E-state index contributed by atoms with van der Waals surface area (Å²) in [6.07, 6.45) is 1.81. The standard InChI is InChI=1S/C13H13N5/c1-9-6-11(7-14)17-13(16-9)18-12-5-3-2-4-10(12)8-15-18/h2-6,8H,7,14H2,1H3. The van der Waals surface area contributed by atoms with Crippen LogP contribution in [0.1, 0.15) is 11.4 Å². The molecule has 0 fully saturated rings. The molecule has 18 heavy (non-hydrogen) atoms. The van der Waals surface area contributed by atoms with Crippen molar-refractivity contribution >= 4 is 10.9 Å². The second-order valence-electron chi connectivity index (χ2n) is 4.12. The van der Waals surface area contributed by atoms with E-state index in [9.17, 15) is 0 Å². The lowest BCUT2D eigenvalue weighted by Gasteiger charge is -2.05. The first kappa shape index (κ1) is 10.9. The zero-order valence-corrected chi connectivity index (χ0v) is 10.0. The van der Waals surface area contributed by atoms with Crippen molar-refractivity contribution < 1.29 is 0 Å². The molecule has 0 saturated carbocycles. The summed E-state index contributed by atoms with van der Waals surface area (Å²) in [4.78, 5) is 8.82. The number of rotatable bonds is 2. The zero-order chi connectivity index (χ0) is 12.5. The van der Waals surface area contributed by atoms with Gasteiger partial charge in [0.2, 0.25) is 0 Å². The van der Waals surface area contributed by atoms with Gasteiger partial charge in [-0.2, -0.15) is 9.78 Å². The van der Waals surface area contributed by atoms with Gasteiger partial charge in [0.05, 0.1) is 17.4 Å². The van der Waals surface area contributed by atoms with Crippen molar-refractivity contribution in [3.63, 3.8) is 0 Å². The van der Waals surface area contributed by atoms with E-state index in [1.807, 2.05) is 43.5 Å². The number of benzene rings is 1. The van der Waals surface area contributed by atoms with E-state index in [-0.39, 0.29) is 0 Å². The smallest absolute Gasteiger partial charge is 0.251 e. The van der Waals surface area contributed by atoms with Crippen LogP contribution >= 0.6 is 0 Å². The van der Waals surface area contributed by atoms with Gasteiger partial charge >= 0.3 is 0 Å². The van der Waals surface area contributed by atoms with Crippen LogP contribution in [0.15, 0.2) is 36.5 Å². The van der Waals surface area contributed by atoms with Crippen LogP contribution in [0.25, 0.3) is 16.9 Å². The van der Waals surface area contributed by atoms with Gasteiger partial charge in [0, 0.05) is 17.6 Å². The van der Waals surface area contributed by atoms with Gasteiger partial charge in [-0.15, -0.1) is 0 Å². The summed E-state index contributed by atoms with van der Waals surface area (Å²) < 4.78 is 1.74. The Morgan fingerprint density at radius 1 is 1.22 bits per heavy atom. The predicted octanol–water partition coefficient (Wildman–Crippen LogP) is 1.58. The van der Waals surface area contributed by atoms with Crippen molar-refractivity contribution in [2.45, 2.75) is 13.5 Å². The first-order valence-electron chi connectivity index (χ1n) is 5.76. The Balaban J connectivity index is 2.22. The van der Waals surface area contributed by atoms with Gasteiger partial charge in [-0.05, 0) is 19.1 Å². The number of fused-ring (bicyclic) bond motifs is 1. The highest BCUT2D eigenvalue weighted by Gasteiger charge is 2.08. The second kappa shape index (κ2) is 4.19. The monoisotopic (exact) mass is 239 g/mol. The quantitative estimate of drug-likeness (QED) is 0.737. The van der Waals surface area contributed by atoms with Crippen LogP contribution in [0.4, 0.5) is 0 Å². The third-order valence-electron chi connectivity index (χ3n) is 2.77. The van der Waals surface area contributed by atoms with Gasteiger partial charge < -0.3 is 5.73 Å². The molecular formula is C13H13N5. The highest BCUT2D eigenvalue weighted by atomic mass is 15.3. The molecule has 0 aliphatic carbocycles. The Morgan fingerprint density at radius 2 is 2.06 bits per heavy atom. The largest absolute Gasteiger partial charge is 0.325 e. The molecule has 2 aromatic heterocycles. The van der Waals surface area contributed by atoms with E-state index in [0.29, 0.717) is 12.5 Å². The van der Waals surface area contributed by atoms with Gasteiger partial charge in [0.15, 0.2) is 0 Å². The second-order valence-corrected chi connectivity index (χ2v) is 4.12. The average Bonchev–Trinajstić information content (AvgIpc) is 2.81. The number of aryl methyl sites for hydroxylation is 1. The first-order valence-corrected chi connectivity index (χ1v) is 5.76. The SMILES string of the molecule is Cc1cc(CN)nc(-n2ncc3ccccc32)n1. The third kappa shape index (κ3) is 1.74. The molecule has 3 rings (SSSR count). The van der Waals surface area contributed by atoms with Crippen molar-refractivity contribution in [3.8, 4) is 5.95 Å². The number of hydrogen-bond acceptors (Lipinski definition) is 4. The van der Waals surface area contributed by atoms with Crippen molar-refractivity contribution in [1.82, 2.24) is 19.7 Å². The molecule has 2 N–H and O–H groups in total. The molecule has 90 valence electrons. The Morgan fingerprint density at radius 3 is 2.89 bits per heavy atom. The van der Waals surface area contributed by atoms with Crippen molar-refractivity contribution in [1.29, 1.82) is 0 Å². The maximum Gasteiger partial charge on any atom is 0.251 e. The maximum atomic E-state index is 5.63. The van der Waals surface area contributed by atoms with Crippen molar-refractivity contribution in [3.05, 3.63) is 47.9 Å². The van der Waals surface area contributed by atoms with Crippen LogP contribution < -0.4 is 5.73 Å². The lowest BCUT2D eigenvalue weighted by molar-refractivity contribution is 0.802. The molecule has 0 radical (unpaired) electrons. The van der Waals surface area contributed by atoms with Crippen molar-refractivity contribution in [2.24, 2.45) is 5.73 Å². The maximum absolute atomic E-state index is 5.63. The molecule has 0 atom stereocenters. The van der Waals surface area contributed by atoms with E-state index in [0.717, 1.165) is 22.3 Å². The van der Waals surface area contributed by atoms with Gasteiger partial charge in [-0.25, -0.2) is 9.97 Å². The summed E-state index contributed by atoms with van der Waals surface area (Å²) >= 11 is 0. The number of nitrogens with zero attached hydrogens (tertiary/aromatic N) is 4. The molecule has 0 amide bonds. The van der Waals surface area contributed by atoms with Crippen molar-refractivity contribution in [2.75, 3.05) is 0 Å². The minimum atomic E-state index is 0.398. The average molecular weight is 239 g/mol. The summed E-state index contributed by atoms with van der Waals surface area (Å²) in [5.74, 6) is 0.566. The molecule has 2 heterocycles. The lowest BCUT2D eigenvalue weighted by Crippen LogP contribution is -2.08. The summed E-state index contributed by atoms with van der Waals surface area (Å²) in [6.45, 7) is 2.32. The minimum Gasteiger partial charge on any atom is -0.325 e. The number of hydrogen-bond donors (Lipinski definition) is 1. The molecule has 3 aromatic rings. The topological polar surface area (TPSA) is 69.6 Å². The number of para-hydroxylation sites is 1. The Bertz CT molecular complexity index is 701. The fraction of sp³-hybridized carbons (Fsp3) is 0.154. The molecular weight excluding hydrogens is 226 g/mol. The first-order chi connectivity index (χ1) is 8.78. The van der Waals surface area contributed by atoms with Crippen LogP contribution in [0.5, 0.6) is 0 Å². The molecule has 0 aliphatic rings. The van der Waals surface area contributed by atoms with E-state index >= 15 is 0 Å². The minimum absolute atomic E-state index is 0.398. The van der Waals surface area contributed by atoms with Crippen LogP contribution in [-0.4, -0.2) is 19.7 Å². The predicted molar refractivity (Wildman–Crippen MR) is 69.3 cm³/mol. The van der Waals surface area contributed by atoms with Crippen LogP contribution in [0.2, 0.25) is 0 Å². The molecule has 5 heteroatoms. The molecule has 0 spiro atoms. The molecule has 0 bridgehead atoms. The molecule has 0 saturated heterocycles. The molecule has 5 nitrogen and oxygen atoms in total. The summed E-state index contributed by atoms with van der Waals surface area (Å²) in [5, 5.41) is 5.40. The van der Waals surface area contributed by atoms with Gasteiger partial charge in [-0.1, -0.05) is 18.2 Å². The fourth-order valence-electron chi connectivity index (χ4n) is 1.95. The summed E-state index contributed by atoms with van der Waals surface area (Å²) in [7, 11) is 0. The highest BCUT2D eigenvalue weighted by Crippen LogP contribution is 2.16. The van der Waals surface area contributed by atoms with Crippen LogP contribution in [0.3, 0.4) is 0 Å². The third-order valence-corrected chi connectivity index (χ3v) is 2.77. The fourth-order valence-corrected chi connectivity index (χ4v) is 1.95. The van der Waals surface area contributed by atoms with Gasteiger partial charge in [0.25, 0.3) is 5.95 Å². The van der Waals surface area contributed by atoms with Gasteiger partial charge in [0.1, 0.15) is 0 Å². The van der Waals surface area contributed by atoms with E-state index in [1.54, 1.807) is 4.68 Å². The Kier molecular flexibility index (Phi) is 2.53. The number of aromatic nitrogens is 4. The lowest BCUT2D eigenvalue weighted by atomic mass is 10.3. The summed E-state index contributed by atoms with van der Waals surface area (Å²) in [5.41, 5.74) is 8.33. The molecule has 0 unspecified atom stereocenters. The normalized spacial score (nSPS) is 11.0. The number of nitrogens with two attached hydrogens (primary N) is 1. The van der Waals surface area contributed by atoms with Gasteiger partial charge in [-0.3, -0.25) is 0 Å². The van der Waals surface area contributed by atoms with E-state index in [2.05, 4.69) is 15.1 Å². The Hall–Kier alpha value is -2.27. The molecule has 1 aromatic carbocycles. The molecule has 0 aliphatic heterocycles. The van der Waals surface area contributed by atoms with Crippen LogP contribution in [0, 0.1) is 6.92 Å².